The molecular weight excluding hydrogens is 469 g/mol. The van der Waals surface area contributed by atoms with Gasteiger partial charge in [0.25, 0.3) is 0 Å². The molecule has 2 amide bonds. The van der Waals surface area contributed by atoms with Gasteiger partial charge in [-0.2, -0.15) is 13.2 Å². The monoisotopic (exact) mass is 496 g/mol. The Morgan fingerprint density at radius 3 is 2.11 bits per heavy atom. The standard InChI is InChI=1S/C27H27F3N4O2/c1-34(26(36)20-12-15-23(35)32-16-20)25(27(28,29)30)22-14-13-21(17-31-22)33-24(18-8-4-2-5-9-18)19-10-6-3-7-11-19/h2-11,13-14,17,20,24-25,33H,12,15-16H2,1H3,(H,32,35)/t20-,25-/m0/s1. The smallest absolute Gasteiger partial charge is 0.373 e. The number of rotatable bonds is 7. The van der Waals surface area contributed by atoms with Crippen LogP contribution in [0.15, 0.2) is 79.0 Å². The Morgan fingerprint density at radius 2 is 1.64 bits per heavy atom. The van der Waals surface area contributed by atoms with E-state index in [2.05, 4.69) is 15.6 Å². The highest BCUT2D eigenvalue weighted by molar-refractivity contribution is 5.84. The number of carbonyl (C=O) groups is 2. The van der Waals surface area contributed by atoms with Crippen molar-refractivity contribution >= 4 is 17.5 Å². The topological polar surface area (TPSA) is 74.3 Å². The molecular formula is C27H27F3N4O2. The van der Waals surface area contributed by atoms with Gasteiger partial charge in [0.2, 0.25) is 11.8 Å². The van der Waals surface area contributed by atoms with E-state index < -0.39 is 24.0 Å². The van der Waals surface area contributed by atoms with E-state index in [-0.39, 0.29) is 37.0 Å². The zero-order valence-corrected chi connectivity index (χ0v) is 19.7. The van der Waals surface area contributed by atoms with Gasteiger partial charge in [-0.1, -0.05) is 60.7 Å². The van der Waals surface area contributed by atoms with Gasteiger partial charge in [-0.05, 0) is 29.7 Å². The average Bonchev–Trinajstić information content (AvgIpc) is 2.88. The SMILES string of the molecule is CN(C(=O)[C@H]1CCC(=O)NC1)[C@@H](c1ccc(NC(c2ccccc2)c2ccccc2)cn1)C(F)(F)F. The van der Waals surface area contributed by atoms with Crippen LogP contribution >= 0.6 is 0 Å². The van der Waals surface area contributed by atoms with E-state index in [0.717, 1.165) is 18.2 Å². The van der Waals surface area contributed by atoms with E-state index in [1.165, 1.54) is 12.3 Å². The van der Waals surface area contributed by atoms with Crippen LogP contribution < -0.4 is 10.6 Å². The van der Waals surface area contributed by atoms with Gasteiger partial charge in [-0.25, -0.2) is 0 Å². The number of piperidine rings is 1. The highest BCUT2D eigenvalue weighted by Crippen LogP contribution is 2.37. The van der Waals surface area contributed by atoms with Crippen molar-refractivity contribution in [1.82, 2.24) is 15.2 Å². The zero-order chi connectivity index (χ0) is 25.7. The lowest BCUT2D eigenvalue weighted by Gasteiger charge is -2.33. The molecule has 1 saturated heterocycles. The molecule has 1 aliphatic heterocycles. The van der Waals surface area contributed by atoms with Crippen molar-refractivity contribution in [1.29, 1.82) is 0 Å². The fourth-order valence-electron chi connectivity index (χ4n) is 4.41. The molecule has 1 fully saturated rings. The van der Waals surface area contributed by atoms with Gasteiger partial charge in [0.1, 0.15) is 0 Å². The van der Waals surface area contributed by atoms with Crippen molar-refractivity contribution in [3.05, 3.63) is 95.8 Å². The summed E-state index contributed by atoms with van der Waals surface area (Å²) < 4.78 is 42.2. The van der Waals surface area contributed by atoms with E-state index in [1.54, 1.807) is 6.07 Å². The second-order valence-corrected chi connectivity index (χ2v) is 8.80. The van der Waals surface area contributed by atoms with Crippen LogP contribution in [0.5, 0.6) is 0 Å². The fraction of sp³-hybridized carbons (Fsp3) is 0.296. The molecule has 1 aliphatic rings. The molecule has 9 heteroatoms. The first-order valence-electron chi connectivity index (χ1n) is 11.7. The molecule has 2 atom stereocenters. The fourth-order valence-corrected chi connectivity index (χ4v) is 4.41. The zero-order valence-electron chi connectivity index (χ0n) is 19.7. The summed E-state index contributed by atoms with van der Waals surface area (Å²) in [7, 11) is 1.13. The number of hydrogen-bond donors (Lipinski definition) is 2. The minimum atomic E-state index is -4.72. The van der Waals surface area contributed by atoms with Crippen molar-refractivity contribution in [2.75, 3.05) is 18.9 Å². The van der Waals surface area contributed by atoms with Crippen LogP contribution in [-0.2, 0) is 9.59 Å². The minimum Gasteiger partial charge on any atom is -0.373 e. The summed E-state index contributed by atoms with van der Waals surface area (Å²) in [5.41, 5.74) is 2.25. The number of amides is 2. The molecule has 0 saturated carbocycles. The largest absolute Gasteiger partial charge is 0.414 e. The van der Waals surface area contributed by atoms with E-state index in [9.17, 15) is 22.8 Å². The lowest BCUT2D eigenvalue weighted by molar-refractivity contribution is -0.191. The predicted octanol–water partition coefficient (Wildman–Crippen LogP) is 4.87. The number of halogens is 3. The third kappa shape index (κ3) is 5.84. The van der Waals surface area contributed by atoms with Crippen LogP contribution in [0.1, 0.15) is 41.7 Å². The maximum absolute atomic E-state index is 14.1. The third-order valence-corrected chi connectivity index (χ3v) is 6.30. The number of aromatic nitrogens is 1. The number of nitrogens with zero attached hydrogens (tertiary/aromatic N) is 2. The Hall–Kier alpha value is -3.88. The summed E-state index contributed by atoms with van der Waals surface area (Å²) in [4.78, 5) is 29.0. The summed E-state index contributed by atoms with van der Waals surface area (Å²) in [6.45, 7) is 0.0310. The number of pyridine rings is 1. The Morgan fingerprint density at radius 1 is 1.03 bits per heavy atom. The van der Waals surface area contributed by atoms with Crippen LogP contribution in [0.2, 0.25) is 0 Å². The summed E-state index contributed by atoms with van der Waals surface area (Å²) in [5, 5.41) is 5.91. The van der Waals surface area contributed by atoms with Crippen molar-refractivity contribution in [3.8, 4) is 0 Å². The first-order valence-corrected chi connectivity index (χ1v) is 11.7. The van der Waals surface area contributed by atoms with Crippen molar-refractivity contribution in [3.63, 3.8) is 0 Å². The Bertz CT molecular complexity index is 1120. The summed E-state index contributed by atoms with van der Waals surface area (Å²) in [6.07, 6.45) is -3.03. The molecule has 0 aliphatic carbocycles. The Labute approximate surface area is 207 Å². The first kappa shape index (κ1) is 25.2. The van der Waals surface area contributed by atoms with Crippen LogP contribution in [0.25, 0.3) is 0 Å². The number of carbonyl (C=O) groups excluding carboxylic acids is 2. The van der Waals surface area contributed by atoms with Crippen molar-refractivity contribution < 1.29 is 22.8 Å². The minimum absolute atomic E-state index is 0.0310. The predicted molar refractivity (Wildman–Crippen MR) is 130 cm³/mol. The van der Waals surface area contributed by atoms with Gasteiger partial charge in [0.05, 0.1) is 29.5 Å². The number of benzene rings is 2. The normalized spacial score (nSPS) is 16.8. The van der Waals surface area contributed by atoms with Crippen molar-refractivity contribution in [2.45, 2.75) is 31.1 Å². The van der Waals surface area contributed by atoms with Crippen molar-refractivity contribution in [2.24, 2.45) is 5.92 Å². The molecule has 1 aromatic heterocycles. The van der Waals surface area contributed by atoms with Gasteiger partial charge >= 0.3 is 6.18 Å². The van der Waals surface area contributed by atoms with Gasteiger partial charge < -0.3 is 15.5 Å². The Kier molecular flexibility index (Phi) is 7.57. The second-order valence-electron chi connectivity index (χ2n) is 8.80. The molecule has 36 heavy (non-hydrogen) atoms. The highest BCUT2D eigenvalue weighted by Gasteiger charge is 2.47. The maximum atomic E-state index is 14.1. The van der Waals surface area contributed by atoms with Crippen LogP contribution in [0.4, 0.5) is 18.9 Å². The van der Waals surface area contributed by atoms with E-state index in [0.29, 0.717) is 10.6 Å². The Balaban J connectivity index is 1.56. The molecule has 0 bridgehead atoms. The second kappa shape index (κ2) is 10.8. The molecule has 6 nitrogen and oxygen atoms in total. The molecule has 0 unspecified atom stereocenters. The van der Waals surface area contributed by atoms with Gasteiger partial charge in [-0.15, -0.1) is 0 Å². The summed E-state index contributed by atoms with van der Waals surface area (Å²) in [6, 6.07) is 19.8. The molecule has 2 N–H and O–H groups in total. The number of nitrogens with one attached hydrogen (secondary N) is 2. The van der Waals surface area contributed by atoms with Gasteiger partial charge in [0, 0.05) is 20.0 Å². The van der Waals surface area contributed by atoms with Gasteiger partial charge in [-0.3, -0.25) is 14.6 Å². The average molecular weight is 497 g/mol. The van der Waals surface area contributed by atoms with Crippen LogP contribution in [0, 0.1) is 5.92 Å². The quantitative estimate of drug-likeness (QED) is 0.490. The van der Waals surface area contributed by atoms with Crippen LogP contribution in [0.3, 0.4) is 0 Å². The lowest BCUT2D eigenvalue weighted by atomic mass is 9.96. The molecule has 0 spiro atoms. The summed E-state index contributed by atoms with van der Waals surface area (Å²) in [5.74, 6) is -1.58. The third-order valence-electron chi connectivity index (χ3n) is 6.30. The number of alkyl halides is 3. The van der Waals surface area contributed by atoms with E-state index >= 15 is 0 Å². The molecule has 188 valence electrons. The van der Waals surface area contributed by atoms with E-state index in [4.69, 9.17) is 0 Å². The molecule has 0 radical (unpaired) electrons. The maximum Gasteiger partial charge on any atom is 0.414 e. The lowest BCUT2D eigenvalue weighted by Crippen LogP contribution is -2.47. The molecule has 2 aromatic carbocycles. The molecule has 4 rings (SSSR count). The number of anilines is 1. The van der Waals surface area contributed by atoms with Crippen LogP contribution in [-0.4, -0.2) is 41.5 Å². The number of hydrogen-bond acceptors (Lipinski definition) is 4. The van der Waals surface area contributed by atoms with Gasteiger partial charge in [0.15, 0.2) is 6.04 Å². The molecule has 2 heterocycles. The highest BCUT2D eigenvalue weighted by atomic mass is 19.4. The van der Waals surface area contributed by atoms with E-state index in [1.807, 2.05) is 60.7 Å². The molecule has 3 aromatic rings. The first-order chi connectivity index (χ1) is 17.2. The summed E-state index contributed by atoms with van der Waals surface area (Å²) >= 11 is 0.